The van der Waals surface area contributed by atoms with Crippen LogP contribution in [0.2, 0.25) is 0 Å². The predicted molar refractivity (Wildman–Crippen MR) is 109 cm³/mol. The molecular formula is C23H26N2O2. The molecule has 1 aliphatic rings. The second-order valence-electron chi connectivity index (χ2n) is 7.88. The van der Waals surface area contributed by atoms with Gasteiger partial charge in [-0.05, 0) is 35.8 Å². The van der Waals surface area contributed by atoms with E-state index in [-0.39, 0.29) is 11.8 Å². The molecule has 0 unspecified atom stereocenters. The summed E-state index contributed by atoms with van der Waals surface area (Å²) in [5.41, 5.74) is 3.27. The van der Waals surface area contributed by atoms with Gasteiger partial charge in [-0.25, -0.2) is 0 Å². The van der Waals surface area contributed by atoms with Gasteiger partial charge in [0.05, 0.1) is 0 Å². The molecule has 0 saturated carbocycles. The van der Waals surface area contributed by atoms with Crippen molar-refractivity contribution in [2.24, 2.45) is 5.41 Å². The smallest absolute Gasteiger partial charge is 0.254 e. The van der Waals surface area contributed by atoms with Gasteiger partial charge in [-0.2, -0.15) is 0 Å². The van der Waals surface area contributed by atoms with Gasteiger partial charge in [-0.3, -0.25) is 9.59 Å². The van der Waals surface area contributed by atoms with Gasteiger partial charge in [0.15, 0.2) is 0 Å². The molecule has 1 N–H and O–H groups in total. The molecule has 1 heterocycles. The van der Waals surface area contributed by atoms with Gasteiger partial charge in [-0.1, -0.05) is 63.2 Å². The molecule has 0 fully saturated rings. The van der Waals surface area contributed by atoms with E-state index in [0.717, 1.165) is 6.42 Å². The number of hydrogen-bond acceptors (Lipinski definition) is 2. The Labute approximate surface area is 160 Å². The zero-order valence-corrected chi connectivity index (χ0v) is 16.2. The fourth-order valence-electron chi connectivity index (χ4n) is 3.00. The van der Waals surface area contributed by atoms with Crippen molar-refractivity contribution in [3.63, 3.8) is 0 Å². The number of anilines is 1. The van der Waals surface area contributed by atoms with Crippen molar-refractivity contribution < 1.29 is 9.59 Å². The van der Waals surface area contributed by atoms with Crippen LogP contribution >= 0.6 is 0 Å². The molecule has 140 valence electrons. The van der Waals surface area contributed by atoms with Crippen molar-refractivity contribution >= 4 is 23.1 Å². The van der Waals surface area contributed by atoms with Crippen molar-refractivity contribution in [1.82, 2.24) is 4.90 Å². The quantitative estimate of drug-likeness (QED) is 0.867. The predicted octanol–water partition coefficient (Wildman–Crippen LogP) is 4.60. The summed E-state index contributed by atoms with van der Waals surface area (Å²) < 4.78 is 0. The molecule has 0 bridgehead atoms. The average molecular weight is 362 g/mol. The summed E-state index contributed by atoms with van der Waals surface area (Å²) in [6.07, 6.45) is 2.97. The lowest BCUT2D eigenvalue weighted by atomic mass is 9.95. The molecule has 0 aromatic heterocycles. The van der Waals surface area contributed by atoms with Crippen LogP contribution in [0, 0.1) is 5.41 Å². The monoisotopic (exact) mass is 362 g/mol. The number of carbonyl (C=O) groups is 2. The summed E-state index contributed by atoms with van der Waals surface area (Å²) in [6, 6.07) is 17.4. The molecule has 0 saturated heterocycles. The Bertz CT molecular complexity index is 863. The lowest BCUT2D eigenvalue weighted by Crippen LogP contribution is -2.34. The first-order valence-electron chi connectivity index (χ1n) is 9.30. The van der Waals surface area contributed by atoms with Crippen molar-refractivity contribution in [1.29, 1.82) is 0 Å². The Hall–Kier alpha value is -2.88. The Morgan fingerprint density at radius 3 is 2.37 bits per heavy atom. The molecule has 4 heteroatoms. The Morgan fingerprint density at radius 2 is 1.74 bits per heavy atom. The number of carbonyl (C=O) groups excluding carboxylic acids is 2. The highest BCUT2D eigenvalue weighted by molar-refractivity contribution is 5.98. The minimum atomic E-state index is -0.481. The molecule has 27 heavy (non-hydrogen) atoms. The summed E-state index contributed by atoms with van der Waals surface area (Å²) in [5.74, 6) is -0.0780. The lowest BCUT2D eigenvalue weighted by molar-refractivity contribution is -0.123. The van der Waals surface area contributed by atoms with E-state index < -0.39 is 5.41 Å². The van der Waals surface area contributed by atoms with E-state index in [9.17, 15) is 9.59 Å². The van der Waals surface area contributed by atoms with Crippen LogP contribution < -0.4 is 5.32 Å². The second kappa shape index (κ2) is 7.78. The zero-order valence-electron chi connectivity index (χ0n) is 16.2. The second-order valence-corrected chi connectivity index (χ2v) is 7.88. The van der Waals surface area contributed by atoms with Gasteiger partial charge in [0.2, 0.25) is 5.91 Å². The molecule has 1 aliphatic heterocycles. The van der Waals surface area contributed by atoms with E-state index in [0.29, 0.717) is 24.3 Å². The van der Waals surface area contributed by atoms with Crippen LogP contribution in [0.15, 0.2) is 60.7 Å². The third-order valence-corrected chi connectivity index (χ3v) is 4.69. The van der Waals surface area contributed by atoms with Crippen LogP contribution in [0.3, 0.4) is 0 Å². The number of nitrogens with one attached hydrogen (secondary N) is 1. The summed E-state index contributed by atoms with van der Waals surface area (Å²) in [5, 5.41) is 2.89. The van der Waals surface area contributed by atoms with Crippen LogP contribution in [0.4, 0.5) is 5.69 Å². The number of hydrogen-bond donors (Lipinski definition) is 1. The summed E-state index contributed by atoms with van der Waals surface area (Å²) >= 11 is 0. The third kappa shape index (κ3) is 4.64. The third-order valence-electron chi connectivity index (χ3n) is 4.69. The SMILES string of the molecule is CC(C)(C)C(=O)Nc1cccc(C(=O)N2CC=C(c3ccccc3)CC2)c1. The first-order valence-corrected chi connectivity index (χ1v) is 9.30. The van der Waals surface area contributed by atoms with Gasteiger partial charge in [0.1, 0.15) is 0 Å². The number of amides is 2. The van der Waals surface area contributed by atoms with Gasteiger partial charge in [0, 0.05) is 29.8 Å². The van der Waals surface area contributed by atoms with Crippen LogP contribution in [0.1, 0.15) is 43.1 Å². The molecule has 3 rings (SSSR count). The normalized spacial score (nSPS) is 14.5. The molecular weight excluding hydrogens is 336 g/mol. The van der Waals surface area contributed by atoms with E-state index in [1.165, 1.54) is 11.1 Å². The summed E-state index contributed by atoms with van der Waals surface area (Å²) in [6.45, 7) is 6.88. The van der Waals surface area contributed by atoms with Gasteiger partial charge >= 0.3 is 0 Å². The number of rotatable bonds is 3. The summed E-state index contributed by atoms with van der Waals surface area (Å²) in [7, 11) is 0. The van der Waals surface area contributed by atoms with Crippen LogP contribution in [-0.4, -0.2) is 29.8 Å². The van der Waals surface area contributed by atoms with Crippen molar-refractivity contribution in [3.8, 4) is 0 Å². The Kier molecular flexibility index (Phi) is 5.45. The highest BCUT2D eigenvalue weighted by Crippen LogP contribution is 2.24. The van der Waals surface area contributed by atoms with E-state index in [1.54, 1.807) is 18.2 Å². The molecule has 4 nitrogen and oxygen atoms in total. The van der Waals surface area contributed by atoms with Gasteiger partial charge in [0.25, 0.3) is 5.91 Å². The van der Waals surface area contributed by atoms with Crippen molar-refractivity contribution in [3.05, 3.63) is 71.8 Å². The van der Waals surface area contributed by atoms with Crippen molar-refractivity contribution in [2.45, 2.75) is 27.2 Å². The van der Waals surface area contributed by atoms with E-state index in [4.69, 9.17) is 0 Å². The Balaban J connectivity index is 1.69. The van der Waals surface area contributed by atoms with E-state index in [1.807, 2.05) is 49.9 Å². The van der Waals surface area contributed by atoms with Crippen molar-refractivity contribution in [2.75, 3.05) is 18.4 Å². The molecule has 2 amide bonds. The van der Waals surface area contributed by atoms with Crippen LogP contribution in [0.5, 0.6) is 0 Å². The largest absolute Gasteiger partial charge is 0.335 e. The minimum absolute atomic E-state index is 0.00906. The van der Waals surface area contributed by atoms with E-state index >= 15 is 0 Å². The highest BCUT2D eigenvalue weighted by Gasteiger charge is 2.22. The molecule has 0 radical (unpaired) electrons. The highest BCUT2D eigenvalue weighted by atomic mass is 16.2. The van der Waals surface area contributed by atoms with Gasteiger partial charge in [-0.15, -0.1) is 0 Å². The molecule has 0 aliphatic carbocycles. The lowest BCUT2D eigenvalue weighted by Gasteiger charge is -2.27. The van der Waals surface area contributed by atoms with Crippen LogP contribution in [0.25, 0.3) is 5.57 Å². The number of nitrogens with zero attached hydrogens (tertiary/aromatic N) is 1. The maximum absolute atomic E-state index is 12.9. The molecule has 0 atom stereocenters. The maximum Gasteiger partial charge on any atom is 0.254 e. The molecule has 2 aromatic rings. The van der Waals surface area contributed by atoms with Crippen LogP contribution in [-0.2, 0) is 4.79 Å². The Morgan fingerprint density at radius 1 is 1.00 bits per heavy atom. The van der Waals surface area contributed by atoms with E-state index in [2.05, 4.69) is 23.5 Å². The topological polar surface area (TPSA) is 49.4 Å². The standard InChI is InChI=1S/C23H26N2O2/c1-23(2,3)22(27)24-20-11-7-10-19(16-20)21(26)25-14-12-18(13-15-25)17-8-5-4-6-9-17/h4-12,16H,13-15H2,1-3H3,(H,24,27). The minimum Gasteiger partial charge on any atom is -0.335 e. The fraction of sp³-hybridized carbons (Fsp3) is 0.304. The average Bonchev–Trinajstić information content (AvgIpc) is 2.68. The molecule has 0 spiro atoms. The van der Waals surface area contributed by atoms with Gasteiger partial charge < -0.3 is 10.2 Å². The number of benzene rings is 2. The first-order chi connectivity index (χ1) is 12.8. The zero-order chi connectivity index (χ0) is 19.4. The maximum atomic E-state index is 12.9. The first kappa shape index (κ1) is 18.9. The fourth-order valence-corrected chi connectivity index (χ4v) is 3.00. The summed E-state index contributed by atoms with van der Waals surface area (Å²) in [4.78, 5) is 26.9. The molecule has 2 aromatic carbocycles.